The molecule has 3 saturated heterocycles. The SMILES string of the molecule is CCCCCC1(CCCCC)OC2C3CC4(C(=O)NCCO)C(ON(Cc5ccc(I)cc5)C4C(=O)O3)C2O1. The lowest BCUT2D eigenvalue weighted by Gasteiger charge is -2.48. The number of hydrogen-bond acceptors (Lipinski definition) is 8. The lowest BCUT2D eigenvalue weighted by atomic mass is 9.62. The van der Waals surface area contributed by atoms with Gasteiger partial charge in [0.05, 0.1) is 13.2 Å². The summed E-state index contributed by atoms with van der Waals surface area (Å²) in [7, 11) is 0. The van der Waals surface area contributed by atoms with Gasteiger partial charge in [0.25, 0.3) is 0 Å². The largest absolute Gasteiger partial charge is 0.458 e. The number of nitrogens with one attached hydrogen (secondary N) is 1. The van der Waals surface area contributed by atoms with Crippen molar-refractivity contribution in [3.05, 3.63) is 33.4 Å². The molecule has 2 bridgehead atoms. The number of esters is 1. The summed E-state index contributed by atoms with van der Waals surface area (Å²) in [6.07, 6.45) is 5.72. The van der Waals surface area contributed by atoms with Crippen molar-refractivity contribution < 1.29 is 33.7 Å². The van der Waals surface area contributed by atoms with E-state index in [9.17, 15) is 14.7 Å². The van der Waals surface area contributed by atoms with Gasteiger partial charge in [0.1, 0.15) is 29.8 Å². The molecule has 1 saturated carbocycles. The lowest BCUT2D eigenvalue weighted by molar-refractivity contribution is -0.224. The number of amides is 1. The number of benzene rings is 1. The molecule has 9 nitrogen and oxygen atoms in total. The summed E-state index contributed by atoms with van der Waals surface area (Å²) in [4.78, 5) is 34.0. The summed E-state index contributed by atoms with van der Waals surface area (Å²) in [6.45, 7) is 4.57. The van der Waals surface area contributed by atoms with Crippen LogP contribution in [0.1, 0.15) is 77.2 Å². The maximum Gasteiger partial charge on any atom is 0.327 e. The molecule has 39 heavy (non-hydrogen) atoms. The topological polar surface area (TPSA) is 107 Å². The van der Waals surface area contributed by atoms with Crippen LogP contribution in [0.5, 0.6) is 0 Å². The van der Waals surface area contributed by atoms with Crippen LogP contribution >= 0.6 is 22.6 Å². The Hall–Kier alpha value is -1.31. The number of carbonyl (C=O) groups excluding carboxylic acids is 2. The van der Waals surface area contributed by atoms with Crippen molar-refractivity contribution in [1.82, 2.24) is 10.4 Å². The maximum absolute atomic E-state index is 13.9. The summed E-state index contributed by atoms with van der Waals surface area (Å²) in [5, 5.41) is 13.9. The van der Waals surface area contributed by atoms with Crippen LogP contribution in [0.3, 0.4) is 0 Å². The first-order valence-corrected chi connectivity index (χ1v) is 15.6. The first-order chi connectivity index (χ1) is 18.9. The zero-order chi connectivity index (χ0) is 27.6. The first kappa shape index (κ1) is 29.2. The highest BCUT2D eigenvalue weighted by molar-refractivity contribution is 14.1. The number of unbranched alkanes of at least 4 members (excludes halogenated alkanes) is 4. The summed E-state index contributed by atoms with van der Waals surface area (Å²) >= 11 is 2.25. The molecule has 1 aromatic carbocycles. The van der Waals surface area contributed by atoms with Crippen molar-refractivity contribution in [1.29, 1.82) is 0 Å². The molecular weight excluding hydrogens is 615 g/mol. The molecule has 5 rings (SSSR count). The number of halogens is 1. The van der Waals surface area contributed by atoms with Gasteiger partial charge in [-0.25, -0.2) is 0 Å². The number of nitrogens with zero attached hydrogens (tertiary/aromatic N) is 1. The van der Waals surface area contributed by atoms with Crippen LogP contribution in [0.2, 0.25) is 0 Å². The van der Waals surface area contributed by atoms with E-state index in [4.69, 9.17) is 19.0 Å². The Balaban J connectivity index is 1.49. The van der Waals surface area contributed by atoms with E-state index < -0.39 is 47.6 Å². The van der Waals surface area contributed by atoms with Crippen molar-refractivity contribution in [3.8, 4) is 0 Å². The summed E-state index contributed by atoms with van der Waals surface area (Å²) in [5.74, 6) is -1.57. The van der Waals surface area contributed by atoms with Crippen LogP contribution < -0.4 is 5.32 Å². The van der Waals surface area contributed by atoms with E-state index in [-0.39, 0.29) is 19.1 Å². The molecule has 0 radical (unpaired) electrons. The molecule has 10 heteroatoms. The van der Waals surface area contributed by atoms with Gasteiger partial charge in [-0.1, -0.05) is 51.7 Å². The van der Waals surface area contributed by atoms with Crippen LogP contribution in [0.15, 0.2) is 24.3 Å². The van der Waals surface area contributed by atoms with Gasteiger partial charge in [-0.15, -0.1) is 0 Å². The predicted molar refractivity (Wildman–Crippen MR) is 151 cm³/mol. The van der Waals surface area contributed by atoms with Crippen molar-refractivity contribution in [3.63, 3.8) is 0 Å². The number of carbonyl (C=O) groups is 2. The van der Waals surface area contributed by atoms with E-state index in [0.29, 0.717) is 13.0 Å². The number of hydrogen-bond donors (Lipinski definition) is 2. The average molecular weight is 657 g/mol. The van der Waals surface area contributed by atoms with Gasteiger partial charge in [-0.3, -0.25) is 14.4 Å². The smallest absolute Gasteiger partial charge is 0.327 e. The molecule has 6 unspecified atom stereocenters. The van der Waals surface area contributed by atoms with Crippen molar-refractivity contribution in [2.45, 2.75) is 114 Å². The molecule has 0 aromatic heterocycles. The standard InChI is InChI=1S/C29H41IN2O7/c1-3-5-7-13-28(14-8-6-4-2)37-22-21-17-29(27(35)31-15-16-33)24(26(34)36-21)32(39-25(29)23(22)38-28)18-19-9-11-20(30)12-10-19/h9-12,21-25,33H,3-8,13-18H2,1-2H3,(H,31,35). The molecule has 1 aromatic rings. The lowest BCUT2D eigenvalue weighted by Crippen LogP contribution is -2.69. The first-order valence-electron chi connectivity index (χ1n) is 14.5. The normalized spacial score (nSPS) is 32.6. The zero-order valence-corrected chi connectivity index (χ0v) is 25.1. The molecule has 4 aliphatic rings. The molecule has 2 N–H and O–H groups in total. The van der Waals surface area contributed by atoms with Crippen LogP contribution in [0, 0.1) is 8.99 Å². The summed E-state index contributed by atoms with van der Waals surface area (Å²) < 4.78 is 20.7. The Bertz CT molecular complexity index is 1010. The fourth-order valence-corrected chi connectivity index (χ4v) is 7.16. The van der Waals surface area contributed by atoms with Gasteiger partial charge in [-0.05, 0) is 53.1 Å². The zero-order valence-electron chi connectivity index (χ0n) is 22.9. The molecule has 0 spiro atoms. The number of aliphatic hydroxyl groups is 1. The fraction of sp³-hybridized carbons (Fsp3) is 0.724. The van der Waals surface area contributed by atoms with Crippen molar-refractivity contribution >= 4 is 34.5 Å². The Morgan fingerprint density at radius 3 is 2.38 bits per heavy atom. The van der Waals surface area contributed by atoms with E-state index in [1.807, 2.05) is 24.3 Å². The van der Waals surface area contributed by atoms with Gasteiger partial charge in [0, 0.05) is 29.4 Å². The molecule has 3 heterocycles. The number of rotatable bonds is 13. The van der Waals surface area contributed by atoms with E-state index in [0.717, 1.165) is 60.5 Å². The van der Waals surface area contributed by atoms with Gasteiger partial charge in [0.15, 0.2) is 11.8 Å². The van der Waals surface area contributed by atoms with E-state index in [1.165, 1.54) is 0 Å². The molecule has 1 aliphatic carbocycles. The number of aliphatic hydroxyl groups excluding tert-OH is 1. The Kier molecular flexibility index (Phi) is 9.19. The highest BCUT2D eigenvalue weighted by Crippen LogP contribution is 2.58. The third kappa shape index (κ3) is 5.49. The van der Waals surface area contributed by atoms with Crippen molar-refractivity contribution in [2.75, 3.05) is 13.2 Å². The average Bonchev–Trinajstić information content (AvgIpc) is 3.47. The van der Waals surface area contributed by atoms with Gasteiger partial charge in [0.2, 0.25) is 5.91 Å². The molecular formula is C29H41IN2O7. The number of hydroxylamine groups is 2. The molecule has 1 amide bonds. The van der Waals surface area contributed by atoms with Crippen LogP contribution in [-0.2, 0) is 35.2 Å². The quantitative estimate of drug-likeness (QED) is 0.188. The van der Waals surface area contributed by atoms with Crippen LogP contribution in [-0.4, -0.2) is 71.4 Å². The predicted octanol–water partition coefficient (Wildman–Crippen LogP) is 3.84. The highest BCUT2D eigenvalue weighted by Gasteiger charge is 2.76. The minimum absolute atomic E-state index is 0.0975. The highest BCUT2D eigenvalue weighted by atomic mass is 127. The third-order valence-electron chi connectivity index (χ3n) is 8.65. The summed E-state index contributed by atoms with van der Waals surface area (Å²) in [6, 6.07) is 7.07. The Labute approximate surface area is 244 Å². The fourth-order valence-electron chi connectivity index (χ4n) is 6.80. The second-order valence-electron chi connectivity index (χ2n) is 11.3. The van der Waals surface area contributed by atoms with Gasteiger partial charge < -0.3 is 24.6 Å². The molecule has 6 atom stereocenters. The molecule has 216 valence electrons. The molecule has 3 aliphatic heterocycles. The van der Waals surface area contributed by atoms with Crippen LogP contribution in [0.4, 0.5) is 0 Å². The Morgan fingerprint density at radius 1 is 1.08 bits per heavy atom. The number of ether oxygens (including phenoxy) is 3. The number of fused-ring (bicyclic) bond motifs is 4. The molecule has 4 fully saturated rings. The van der Waals surface area contributed by atoms with Gasteiger partial charge in [-0.2, -0.15) is 5.06 Å². The second kappa shape index (κ2) is 12.3. The second-order valence-corrected chi connectivity index (χ2v) is 12.6. The maximum atomic E-state index is 13.9. The van der Waals surface area contributed by atoms with E-state index in [1.54, 1.807) is 5.06 Å². The minimum atomic E-state index is -1.20. The third-order valence-corrected chi connectivity index (χ3v) is 9.37. The minimum Gasteiger partial charge on any atom is -0.458 e. The Morgan fingerprint density at radius 2 is 1.74 bits per heavy atom. The van der Waals surface area contributed by atoms with Crippen molar-refractivity contribution in [2.24, 2.45) is 5.41 Å². The van der Waals surface area contributed by atoms with E-state index in [2.05, 4.69) is 41.8 Å². The summed E-state index contributed by atoms with van der Waals surface area (Å²) in [5.41, 5.74) is -0.241. The van der Waals surface area contributed by atoms with Gasteiger partial charge >= 0.3 is 5.97 Å². The van der Waals surface area contributed by atoms with Crippen LogP contribution in [0.25, 0.3) is 0 Å². The van der Waals surface area contributed by atoms with E-state index >= 15 is 0 Å². The monoisotopic (exact) mass is 656 g/mol.